The van der Waals surface area contributed by atoms with Gasteiger partial charge in [0.25, 0.3) is 11.8 Å². The first-order chi connectivity index (χ1) is 16.4. The van der Waals surface area contributed by atoms with Gasteiger partial charge in [-0.15, -0.1) is 0 Å². The molecule has 3 aliphatic rings. The second kappa shape index (κ2) is 8.79. The highest BCUT2D eigenvalue weighted by molar-refractivity contribution is 6.24. The number of piperidine rings is 2. The minimum atomic E-state index is -0.953. The van der Waals surface area contributed by atoms with Gasteiger partial charge in [-0.25, -0.2) is 0 Å². The van der Waals surface area contributed by atoms with E-state index in [0.29, 0.717) is 30.0 Å². The Labute approximate surface area is 197 Å². The third-order valence-corrected chi connectivity index (χ3v) is 7.33. The lowest BCUT2D eigenvalue weighted by atomic mass is 9.96. The van der Waals surface area contributed by atoms with Gasteiger partial charge in [0.15, 0.2) is 0 Å². The number of aromatic nitrogens is 2. The van der Waals surface area contributed by atoms with Crippen molar-refractivity contribution in [3.8, 4) is 0 Å². The maximum Gasteiger partial charge on any atom is 0.262 e. The molecule has 2 fully saturated rings. The van der Waals surface area contributed by atoms with E-state index in [1.165, 1.54) is 5.56 Å². The van der Waals surface area contributed by atoms with Gasteiger partial charge in [-0.3, -0.25) is 34.1 Å². The van der Waals surface area contributed by atoms with Gasteiger partial charge in [0.2, 0.25) is 11.8 Å². The van der Waals surface area contributed by atoms with E-state index < -0.39 is 23.8 Å². The van der Waals surface area contributed by atoms with E-state index >= 15 is 0 Å². The largest absolute Gasteiger partial charge is 0.317 e. The van der Waals surface area contributed by atoms with Gasteiger partial charge in [0, 0.05) is 12.1 Å². The molecule has 178 valence electrons. The predicted octanol–water partition coefficient (Wildman–Crippen LogP) is 1.61. The van der Waals surface area contributed by atoms with Gasteiger partial charge in [-0.1, -0.05) is 12.1 Å². The maximum absolute atomic E-state index is 13.3. The van der Waals surface area contributed by atoms with Gasteiger partial charge >= 0.3 is 0 Å². The van der Waals surface area contributed by atoms with Crippen LogP contribution in [0.1, 0.15) is 75.0 Å². The average Bonchev–Trinajstić information content (AvgIpc) is 3.26. The van der Waals surface area contributed by atoms with Crippen molar-refractivity contribution in [1.82, 2.24) is 25.3 Å². The van der Waals surface area contributed by atoms with Crippen LogP contribution in [0.15, 0.2) is 18.2 Å². The molecule has 9 nitrogen and oxygen atoms in total. The van der Waals surface area contributed by atoms with E-state index in [2.05, 4.69) is 22.2 Å². The third-order valence-electron chi connectivity index (χ3n) is 7.33. The molecule has 0 saturated carbocycles. The van der Waals surface area contributed by atoms with Crippen LogP contribution in [0.2, 0.25) is 0 Å². The lowest BCUT2D eigenvalue weighted by Gasteiger charge is -2.27. The van der Waals surface area contributed by atoms with Crippen LogP contribution in [0.4, 0.5) is 0 Å². The first kappa shape index (κ1) is 22.5. The zero-order chi connectivity index (χ0) is 24.0. The summed E-state index contributed by atoms with van der Waals surface area (Å²) in [4.78, 5) is 51.3. The number of carbonyl (C=O) groups excluding carboxylic acids is 4. The molecule has 0 bridgehead atoms. The summed E-state index contributed by atoms with van der Waals surface area (Å²) in [5, 5.41) is 10.5. The van der Waals surface area contributed by atoms with Gasteiger partial charge < -0.3 is 5.32 Å². The van der Waals surface area contributed by atoms with E-state index in [1.54, 1.807) is 12.1 Å². The Bertz CT molecular complexity index is 1190. The highest BCUT2D eigenvalue weighted by atomic mass is 16.2. The van der Waals surface area contributed by atoms with Crippen LogP contribution in [-0.2, 0) is 22.4 Å². The fourth-order valence-electron chi connectivity index (χ4n) is 5.52. The summed E-state index contributed by atoms with van der Waals surface area (Å²) >= 11 is 0. The molecule has 4 amide bonds. The molecule has 9 heteroatoms. The number of aryl methyl sites for hydroxylation is 2. The van der Waals surface area contributed by atoms with Crippen LogP contribution in [0.5, 0.6) is 0 Å². The van der Waals surface area contributed by atoms with Crippen molar-refractivity contribution in [3.05, 3.63) is 51.8 Å². The van der Waals surface area contributed by atoms with Gasteiger partial charge in [-0.2, -0.15) is 5.10 Å². The Morgan fingerprint density at radius 1 is 1.00 bits per heavy atom. The number of carbonyl (C=O) groups is 4. The molecule has 4 heterocycles. The van der Waals surface area contributed by atoms with Crippen molar-refractivity contribution >= 4 is 23.6 Å². The van der Waals surface area contributed by atoms with Crippen molar-refractivity contribution in [2.24, 2.45) is 0 Å². The highest BCUT2D eigenvalue weighted by Crippen LogP contribution is 2.31. The van der Waals surface area contributed by atoms with Crippen LogP contribution in [0.25, 0.3) is 0 Å². The molecule has 0 radical (unpaired) electrons. The minimum absolute atomic E-state index is 0.107. The summed E-state index contributed by atoms with van der Waals surface area (Å²) in [5.41, 5.74) is 4.82. The standard InChI is InChI=1S/C25H29N5O4/c1-14-18(15(2)30(28-14)17-10-12-26-13-11-17)7-6-16-4-3-5-19-22(16)25(34)29(24(19)33)20-8-9-21(31)27-23(20)32/h3-5,17,20,26H,6-13H2,1-2H3,(H,27,31,32). The second-order valence-corrected chi connectivity index (χ2v) is 9.36. The lowest BCUT2D eigenvalue weighted by molar-refractivity contribution is -0.136. The maximum atomic E-state index is 13.3. The first-order valence-corrected chi connectivity index (χ1v) is 12.0. The molecule has 0 aliphatic carbocycles. The van der Waals surface area contributed by atoms with Crippen molar-refractivity contribution in [2.45, 2.75) is 64.5 Å². The van der Waals surface area contributed by atoms with Crippen LogP contribution in [0.3, 0.4) is 0 Å². The molecule has 1 aromatic carbocycles. The average molecular weight is 464 g/mol. The SMILES string of the molecule is Cc1nn(C2CCNCC2)c(C)c1CCc1cccc2c1C(=O)N(C1CCC(=O)NC1=O)C2=O. The van der Waals surface area contributed by atoms with Crippen molar-refractivity contribution in [1.29, 1.82) is 0 Å². The van der Waals surface area contributed by atoms with E-state index in [9.17, 15) is 19.2 Å². The third kappa shape index (κ3) is 3.73. The number of nitrogens with one attached hydrogen (secondary N) is 2. The molecule has 34 heavy (non-hydrogen) atoms. The van der Waals surface area contributed by atoms with Crippen LogP contribution in [0, 0.1) is 13.8 Å². The second-order valence-electron chi connectivity index (χ2n) is 9.36. The fraction of sp³-hybridized carbons (Fsp3) is 0.480. The van der Waals surface area contributed by atoms with E-state index in [1.807, 2.05) is 13.0 Å². The van der Waals surface area contributed by atoms with Crippen LogP contribution < -0.4 is 10.6 Å². The quantitative estimate of drug-likeness (QED) is 0.652. The number of imide groups is 2. The number of nitrogens with zero attached hydrogens (tertiary/aromatic N) is 3. The summed E-state index contributed by atoms with van der Waals surface area (Å²) < 4.78 is 2.15. The van der Waals surface area contributed by atoms with Gasteiger partial charge in [-0.05, 0) is 76.2 Å². The Balaban J connectivity index is 1.38. The Morgan fingerprint density at radius 2 is 1.76 bits per heavy atom. The molecule has 0 spiro atoms. The smallest absolute Gasteiger partial charge is 0.262 e. The molecule has 2 saturated heterocycles. The topological polar surface area (TPSA) is 113 Å². The number of hydrogen-bond acceptors (Lipinski definition) is 6. The molecule has 1 unspecified atom stereocenters. The normalized spacial score (nSPS) is 21.2. The lowest BCUT2D eigenvalue weighted by Crippen LogP contribution is -2.54. The molecule has 3 aliphatic heterocycles. The predicted molar refractivity (Wildman–Crippen MR) is 123 cm³/mol. The molecule has 2 aromatic rings. The zero-order valence-electron chi connectivity index (χ0n) is 19.5. The van der Waals surface area contributed by atoms with Crippen molar-refractivity contribution in [2.75, 3.05) is 13.1 Å². The summed E-state index contributed by atoms with van der Waals surface area (Å²) in [6.07, 6.45) is 3.67. The summed E-state index contributed by atoms with van der Waals surface area (Å²) in [5.74, 6) is -1.90. The molecule has 2 N–H and O–H groups in total. The van der Waals surface area contributed by atoms with Crippen molar-refractivity contribution in [3.63, 3.8) is 0 Å². The van der Waals surface area contributed by atoms with Gasteiger partial charge in [0.1, 0.15) is 6.04 Å². The van der Waals surface area contributed by atoms with Crippen LogP contribution >= 0.6 is 0 Å². The Kier molecular flexibility index (Phi) is 5.81. The minimum Gasteiger partial charge on any atom is -0.317 e. The number of hydrogen-bond donors (Lipinski definition) is 2. The van der Waals surface area contributed by atoms with Crippen molar-refractivity contribution < 1.29 is 19.2 Å². The van der Waals surface area contributed by atoms with Gasteiger partial charge in [0.05, 0.1) is 22.9 Å². The Morgan fingerprint density at radius 3 is 2.50 bits per heavy atom. The monoisotopic (exact) mass is 463 g/mol. The number of fused-ring (bicyclic) bond motifs is 1. The zero-order valence-corrected chi connectivity index (χ0v) is 19.5. The van der Waals surface area contributed by atoms with E-state index in [0.717, 1.165) is 47.8 Å². The summed E-state index contributed by atoms with van der Waals surface area (Å²) in [6, 6.07) is 4.74. The van der Waals surface area contributed by atoms with E-state index in [4.69, 9.17) is 5.10 Å². The summed E-state index contributed by atoms with van der Waals surface area (Å²) in [7, 11) is 0. The fourth-order valence-corrected chi connectivity index (χ4v) is 5.52. The summed E-state index contributed by atoms with van der Waals surface area (Å²) in [6.45, 7) is 6.11. The number of rotatable bonds is 5. The first-order valence-electron chi connectivity index (χ1n) is 12.0. The van der Waals surface area contributed by atoms with E-state index in [-0.39, 0.29) is 18.7 Å². The Hall–Kier alpha value is -3.33. The molecule has 1 atom stereocenters. The molecular formula is C25H29N5O4. The molecule has 5 rings (SSSR count). The van der Waals surface area contributed by atoms with Crippen LogP contribution in [-0.4, -0.2) is 57.4 Å². The highest BCUT2D eigenvalue weighted by Gasteiger charge is 2.45. The number of benzene rings is 1. The number of amides is 4. The molecule has 1 aromatic heterocycles. The molecular weight excluding hydrogens is 434 g/mol.